The minimum absolute atomic E-state index is 0.140. The molecular weight excluding hydrogens is 373 g/mol. The molecule has 0 aromatic heterocycles. The summed E-state index contributed by atoms with van der Waals surface area (Å²) < 4.78 is 50.1. The van der Waals surface area contributed by atoms with E-state index in [9.17, 15) is 13.0 Å². The lowest BCUT2D eigenvalue weighted by atomic mass is 9.99. The van der Waals surface area contributed by atoms with Gasteiger partial charge in [-0.3, -0.25) is 4.57 Å². The molecule has 0 saturated carbocycles. The Bertz CT molecular complexity index is 906. The third-order valence-corrected chi connectivity index (χ3v) is 8.44. The van der Waals surface area contributed by atoms with Crippen molar-refractivity contribution in [3.8, 4) is 11.1 Å². The van der Waals surface area contributed by atoms with Gasteiger partial charge in [0, 0.05) is 20.1 Å². The van der Waals surface area contributed by atoms with Crippen LogP contribution in [-0.2, 0) is 23.6 Å². The highest BCUT2D eigenvalue weighted by atomic mass is 32.2. The monoisotopic (exact) mass is 395 g/mol. The van der Waals surface area contributed by atoms with Gasteiger partial charge in [0.1, 0.15) is 5.78 Å². The Kier molecular flexibility index (Phi) is 5.37. The van der Waals surface area contributed by atoms with E-state index in [1.807, 2.05) is 48.5 Å². The minimum atomic E-state index is -3.74. The first-order valence-corrected chi connectivity index (χ1v) is 11.5. The van der Waals surface area contributed by atoms with Gasteiger partial charge in [-0.25, -0.2) is 13.1 Å². The van der Waals surface area contributed by atoms with Gasteiger partial charge in [-0.1, -0.05) is 48.5 Å². The summed E-state index contributed by atoms with van der Waals surface area (Å²) >= 11 is 0. The molecule has 8 heteroatoms. The summed E-state index contributed by atoms with van der Waals surface area (Å²) in [7, 11) is -4.80. The number of sulfonamides is 1. The normalized spacial score (nSPS) is 15.5. The molecule has 0 heterocycles. The highest BCUT2D eigenvalue weighted by Gasteiger charge is 2.36. The molecule has 1 aliphatic rings. The fraction of sp³-hybridized carbons (Fsp3) is 0.333. The lowest BCUT2D eigenvalue weighted by Crippen LogP contribution is -2.36. The van der Waals surface area contributed by atoms with Crippen LogP contribution >= 0.6 is 7.60 Å². The van der Waals surface area contributed by atoms with E-state index in [1.165, 1.54) is 21.1 Å². The second-order valence-electron chi connectivity index (χ2n) is 6.21. The molecule has 1 N–H and O–H groups in total. The molecule has 26 heavy (non-hydrogen) atoms. The molecule has 2 aromatic rings. The minimum Gasteiger partial charge on any atom is -0.311 e. The summed E-state index contributed by atoms with van der Waals surface area (Å²) in [5, 5.41) is 0. The van der Waals surface area contributed by atoms with Crippen molar-refractivity contribution in [2.45, 2.75) is 18.6 Å². The molecular formula is C18H22NO5PS. The molecule has 3 rings (SSSR count). The van der Waals surface area contributed by atoms with Gasteiger partial charge < -0.3 is 9.05 Å². The molecule has 1 aliphatic carbocycles. The maximum atomic E-state index is 12.8. The fourth-order valence-corrected chi connectivity index (χ4v) is 6.62. The Balaban J connectivity index is 1.90. The topological polar surface area (TPSA) is 81.7 Å². The third kappa shape index (κ3) is 3.50. The summed E-state index contributed by atoms with van der Waals surface area (Å²) in [6.45, 7) is 1.47. The molecule has 0 radical (unpaired) electrons. The average Bonchev–Trinajstić information content (AvgIpc) is 2.94. The highest BCUT2D eigenvalue weighted by molar-refractivity contribution is 7.89. The van der Waals surface area contributed by atoms with Crippen molar-refractivity contribution in [1.29, 1.82) is 0 Å². The first kappa shape index (κ1) is 19.3. The van der Waals surface area contributed by atoms with E-state index in [1.54, 1.807) is 0 Å². The van der Waals surface area contributed by atoms with Crippen LogP contribution in [0, 0.1) is 0 Å². The maximum Gasteiger partial charge on any atom is 0.347 e. The predicted molar refractivity (Wildman–Crippen MR) is 102 cm³/mol. The second-order valence-corrected chi connectivity index (χ2v) is 10.6. The fourth-order valence-electron chi connectivity index (χ4n) is 3.42. The molecule has 0 saturated heterocycles. The van der Waals surface area contributed by atoms with Gasteiger partial charge >= 0.3 is 7.60 Å². The molecule has 6 nitrogen and oxygen atoms in total. The van der Waals surface area contributed by atoms with Crippen LogP contribution in [0.25, 0.3) is 11.1 Å². The quantitative estimate of drug-likeness (QED) is 0.725. The van der Waals surface area contributed by atoms with E-state index in [2.05, 4.69) is 4.72 Å². The highest BCUT2D eigenvalue weighted by Crippen LogP contribution is 2.51. The summed E-state index contributed by atoms with van der Waals surface area (Å²) in [6, 6.07) is 15.6. The van der Waals surface area contributed by atoms with Gasteiger partial charge in [0.15, 0.2) is 0 Å². The van der Waals surface area contributed by atoms with Crippen LogP contribution in [-0.4, -0.2) is 34.2 Å². The Morgan fingerprint density at radius 2 is 1.46 bits per heavy atom. The number of rotatable bonds is 7. The summed E-state index contributed by atoms with van der Waals surface area (Å²) in [5.74, 6) is -1.40. The standard InChI is InChI=1S/C18H22NO5PS/c1-13(25(20,23-2)24-3)19-26(21,22)12-18-16-10-6-4-8-14(16)15-9-5-7-11-17(15)18/h4-11,13,18-19H,12H2,1-3H3/t13-/m1/s1. The summed E-state index contributed by atoms with van der Waals surface area (Å²) in [4.78, 5) is 0. The SMILES string of the molecule is COP(=O)(OC)[C@H](C)NS(=O)(=O)CC1c2ccccc2-c2ccccc21. The van der Waals surface area contributed by atoms with Crippen molar-refractivity contribution in [3.63, 3.8) is 0 Å². The molecule has 140 valence electrons. The Labute approximate surface area is 154 Å². The molecule has 0 spiro atoms. The van der Waals surface area contributed by atoms with E-state index in [-0.39, 0.29) is 11.7 Å². The van der Waals surface area contributed by atoms with Gasteiger partial charge in [0.2, 0.25) is 10.0 Å². The first-order valence-electron chi connectivity index (χ1n) is 8.20. The van der Waals surface area contributed by atoms with E-state index in [0.717, 1.165) is 22.3 Å². The number of hydrogen-bond donors (Lipinski definition) is 1. The largest absolute Gasteiger partial charge is 0.347 e. The molecule has 0 unspecified atom stereocenters. The van der Waals surface area contributed by atoms with Gasteiger partial charge in [-0.2, -0.15) is 0 Å². The van der Waals surface area contributed by atoms with Crippen molar-refractivity contribution < 1.29 is 22.0 Å². The van der Waals surface area contributed by atoms with Crippen LogP contribution in [0.15, 0.2) is 48.5 Å². The Hall–Kier alpha value is -1.50. The average molecular weight is 395 g/mol. The van der Waals surface area contributed by atoms with Crippen molar-refractivity contribution in [3.05, 3.63) is 59.7 Å². The summed E-state index contributed by atoms with van der Waals surface area (Å²) in [5.41, 5.74) is 4.06. The van der Waals surface area contributed by atoms with E-state index in [0.29, 0.717) is 0 Å². The number of benzene rings is 2. The number of nitrogens with one attached hydrogen (secondary N) is 1. The van der Waals surface area contributed by atoms with Crippen LogP contribution in [0.2, 0.25) is 0 Å². The van der Waals surface area contributed by atoms with E-state index >= 15 is 0 Å². The maximum absolute atomic E-state index is 12.8. The molecule has 0 amide bonds. The van der Waals surface area contributed by atoms with Crippen LogP contribution in [0.1, 0.15) is 24.0 Å². The van der Waals surface area contributed by atoms with Gasteiger partial charge in [-0.15, -0.1) is 0 Å². The molecule has 0 bridgehead atoms. The lowest BCUT2D eigenvalue weighted by molar-refractivity contribution is 0.265. The number of fused-ring (bicyclic) bond motifs is 3. The van der Waals surface area contributed by atoms with Gasteiger partial charge in [-0.05, 0) is 29.2 Å². The van der Waals surface area contributed by atoms with Gasteiger partial charge in [0.05, 0.1) is 5.75 Å². The molecule has 0 aliphatic heterocycles. The molecule has 0 fully saturated rings. The van der Waals surface area contributed by atoms with Crippen molar-refractivity contribution in [2.75, 3.05) is 20.0 Å². The molecule has 1 atom stereocenters. The first-order chi connectivity index (χ1) is 12.3. The van der Waals surface area contributed by atoms with Crippen molar-refractivity contribution >= 4 is 17.6 Å². The zero-order valence-corrected chi connectivity index (χ0v) is 16.6. The van der Waals surface area contributed by atoms with Crippen LogP contribution in [0.4, 0.5) is 0 Å². The second kappa shape index (κ2) is 7.25. The third-order valence-electron chi connectivity index (χ3n) is 4.68. The van der Waals surface area contributed by atoms with Crippen LogP contribution < -0.4 is 4.72 Å². The van der Waals surface area contributed by atoms with Crippen molar-refractivity contribution in [1.82, 2.24) is 4.72 Å². The summed E-state index contributed by atoms with van der Waals surface area (Å²) in [6.07, 6.45) is 0. The predicted octanol–water partition coefficient (Wildman–Crippen LogP) is 3.55. The number of hydrogen-bond acceptors (Lipinski definition) is 5. The zero-order chi connectivity index (χ0) is 18.9. The van der Waals surface area contributed by atoms with Crippen LogP contribution in [0.3, 0.4) is 0 Å². The Morgan fingerprint density at radius 3 is 1.92 bits per heavy atom. The van der Waals surface area contributed by atoms with Gasteiger partial charge in [0.25, 0.3) is 0 Å². The van der Waals surface area contributed by atoms with Crippen LogP contribution in [0.5, 0.6) is 0 Å². The smallest absolute Gasteiger partial charge is 0.311 e. The Morgan fingerprint density at radius 1 is 1.00 bits per heavy atom. The zero-order valence-electron chi connectivity index (χ0n) is 14.9. The van der Waals surface area contributed by atoms with E-state index < -0.39 is 23.4 Å². The van der Waals surface area contributed by atoms with Crippen molar-refractivity contribution in [2.24, 2.45) is 0 Å². The lowest BCUT2D eigenvalue weighted by Gasteiger charge is -2.23. The molecule has 2 aromatic carbocycles. The van der Waals surface area contributed by atoms with E-state index in [4.69, 9.17) is 9.05 Å².